The van der Waals surface area contributed by atoms with Gasteiger partial charge >= 0.3 is 0 Å². The van der Waals surface area contributed by atoms with E-state index >= 15 is 0 Å². The molecule has 17 heavy (non-hydrogen) atoms. The molecule has 1 aliphatic heterocycles. The van der Waals surface area contributed by atoms with Gasteiger partial charge in [-0.1, -0.05) is 6.07 Å². The number of aliphatic hydroxyl groups is 1. The summed E-state index contributed by atoms with van der Waals surface area (Å²) in [5.41, 5.74) is 7.14. The molecule has 1 aliphatic rings. The third kappa shape index (κ3) is 2.76. The van der Waals surface area contributed by atoms with Crippen LogP contribution in [0.5, 0.6) is 0 Å². The van der Waals surface area contributed by atoms with Crippen LogP contribution in [0.4, 0.5) is 10.1 Å². The van der Waals surface area contributed by atoms with E-state index in [1.165, 1.54) is 6.07 Å². The molecule has 0 saturated carbocycles. The molecule has 1 heterocycles. The van der Waals surface area contributed by atoms with Crippen LogP contribution < -0.4 is 10.6 Å². The summed E-state index contributed by atoms with van der Waals surface area (Å²) in [5, 5.41) is 9.42. The van der Waals surface area contributed by atoms with Crippen molar-refractivity contribution in [3.63, 3.8) is 0 Å². The molecule has 0 spiro atoms. The highest BCUT2D eigenvalue weighted by Gasteiger charge is 2.19. The van der Waals surface area contributed by atoms with Crippen LogP contribution in [-0.2, 0) is 0 Å². The van der Waals surface area contributed by atoms with Crippen LogP contribution in [0.25, 0.3) is 0 Å². The van der Waals surface area contributed by atoms with Gasteiger partial charge < -0.3 is 15.7 Å². The van der Waals surface area contributed by atoms with Crippen molar-refractivity contribution in [1.29, 1.82) is 0 Å². The second-order valence-corrected chi connectivity index (χ2v) is 4.72. The van der Waals surface area contributed by atoms with Gasteiger partial charge in [0.1, 0.15) is 5.82 Å². The van der Waals surface area contributed by atoms with Gasteiger partial charge in [-0.3, -0.25) is 0 Å². The second-order valence-electron chi connectivity index (χ2n) is 4.72. The standard InChI is InChI=1S/C13H19FN2O/c1-9(15)10-2-3-13(12(14)8-10)16-6-4-11(17)5-7-16/h2-3,8-9,11,17H,4-7,15H2,1H3/t9-/m1/s1. The number of benzene rings is 1. The molecule has 94 valence electrons. The number of hydrogen-bond donors (Lipinski definition) is 2. The average Bonchev–Trinajstić information content (AvgIpc) is 2.30. The van der Waals surface area contributed by atoms with Crippen LogP contribution in [0.3, 0.4) is 0 Å². The molecule has 0 unspecified atom stereocenters. The summed E-state index contributed by atoms with van der Waals surface area (Å²) in [4.78, 5) is 1.98. The molecule has 1 saturated heterocycles. The van der Waals surface area contributed by atoms with Gasteiger partial charge in [0.2, 0.25) is 0 Å². The summed E-state index contributed by atoms with van der Waals surface area (Å²) in [7, 11) is 0. The Labute approximate surface area is 101 Å². The van der Waals surface area contributed by atoms with E-state index in [2.05, 4.69) is 0 Å². The van der Waals surface area contributed by atoms with Crippen LogP contribution in [0.1, 0.15) is 31.4 Å². The maximum Gasteiger partial charge on any atom is 0.146 e. The first-order valence-electron chi connectivity index (χ1n) is 6.06. The first-order valence-corrected chi connectivity index (χ1v) is 6.06. The number of halogens is 1. The van der Waals surface area contributed by atoms with Crippen LogP contribution in [0, 0.1) is 5.82 Å². The fraction of sp³-hybridized carbons (Fsp3) is 0.538. The molecule has 1 aromatic rings. The van der Waals surface area contributed by atoms with E-state index in [0.29, 0.717) is 31.6 Å². The van der Waals surface area contributed by atoms with Crippen LogP contribution >= 0.6 is 0 Å². The van der Waals surface area contributed by atoms with E-state index in [1.807, 2.05) is 17.9 Å². The smallest absolute Gasteiger partial charge is 0.146 e. The Balaban J connectivity index is 2.16. The normalized spacial score (nSPS) is 19.4. The number of aliphatic hydroxyl groups excluding tert-OH is 1. The SMILES string of the molecule is C[C@@H](N)c1ccc(N2CCC(O)CC2)c(F)c1. The third-order valence-corrected chi connectivity index (χ3v) is 3.30. The fourth-order valence-corrected chi connectivity index (χ4v) is 2.17. The Bertz CT molecular complexity index is 387. The summed E-state index contributed by atoms with van der Waals surface area (Å²) in [6.45, 7) is 3.25. The maximum atomic E-state index is 13.9. The zero-order chi connectivity index (χ0) is 12.4. The average molecular weight is 238 g/mol. The number of piperidine rings is 1. The molecule has 4 heteroatoms. The summed E-state index contributed by atoms with van der Waals surface area (Å²) in [6, 6.07) is 5.01. The van der Waals surface area contributed by atoms with Gasteiger partial charge in [-0.25, -0.2) is 4.39 Å². The van der Waals surface area contributed by atoms with Gasteiger partial charge in [0.05, 0.1) is 11.8 Å². The van der Waals surface area contributed by atoms with Crippen LogP contribution in [-0.4, -0.2) is 24.3 Å². The van der Waals surface area contributed by atoms with Crippen molar-refractivity contribution >= 4 is 5.69 Å². The van der Waals surface area contributed by atoms with Crippen LogP contribution in [0.15, 0.2) is 18.2 Å². The van der Waals surface area contributed by atoms with Crippen molar-refractivity contribution in [1.82, 2.24) is 0 Å². The van der Waals surface area contributed by atoms with Crippen molar-refractivity contribution in [2.75, 3.05) is 18.0 Å². The van der Waals surface area contributed by atoms with E-state index in [1.54, 1.807) is 6.07 Å². The lowest BCUT2D eigenvalue weighted by Gasteiger charge is -2.31. The van der Waals surface area contributed by atoms with Crippen molar-refractivity contribution in [2.45, 2.75) is 31.9 Å². The number of rotatable bonds is 2. The summed E-state index contributed by atoms with van der Waals surface area (Å²) in [6.07, 6.45) is 1.17. The quantitative estimate of drug-likeness (QED) is 0.826. The van der Waals surface area contributed by atoms with Crippen molar-refractivity contribution in [3.05, 3.63) is 29.6 Å². The number of nitrogens with two attached hydrogens (primary N) is 1. The molecule has 1 aromatic carbocycles. The summed E-state index contributed by atoms with van der Waals surface area (Å²) >= 11 is 0. The lowest BCUT2D eigenvalue weighted by Crippen LogP contribution is -2.36. The molecule has 0 bridgehead atoms. The first-order chi connectivity index (χ1) is 8.08. The molecule has 0 aliphatic carbocycles. The topological polar surface area (TPSA) is 49.5 Å². The summed E-state index contributed by atoms with van der Waals surface area (Å²) < 4.78 is 13.9. The van der Waals surface area contributed by atoms with E-state index in [0.717, 1.165) is 5.56 Å². The van der Waals surface area contributed by atoms with Crippen LogP contribution in [0.2, 0.25) is 0 Å². The Morgan fingerprint density at radius 3 is 2.59 bits per heavy atom. The molecule has 1 fully saturated rings. The highest BCUT2D eigenvalue weighted by molar-refractivity contribution is 5.50. The number of anilines is 1. The monoisotopic (exact) mass is 238 g/mol. The Hall–Kier alpha value is -1.13. The second kappa shape index (κ2) is 5.02. The molecular formula is C13H19FN2O. The minimum atomic E-state index is -0.238. The lowest BCUT2D eigenvalue weighted by atomic mass is 10.0. The zero-order valence-electron chi connectivity index (χ0n) is 10.1. The molecular weight excluding hydrogens is 219 g/mol. The minimum absolute atomic E-state index is 0.151. The number of nitrogens with zero attached hydrogens (tertiary/aromatic N) is 1. The zero-order valence-corrected chi connectivity index (χ0v) is 10.1. The van der Waals surface area contributed by atoms with Gasteiger partial charge in [-0.15, -0.1) is 0 Å². The predicted molar refractivity (Wildman–Crippen MR) is 66.5 cm³/mol. The molecule has 0 radical (unpaired) electrons. The van der Waals surface area contributed by atoms with Gasteiger partial charge in [0.15, 0.2) is 0 Å². The molecule has 1 atom stereocenters. The molecule has 3 nitrogen and oxygen atoms in total. The van der Waals surface area contributed by atoms with Crippen molar-refractivity contribution in [2.24, 2.45) is 5.73 Å². The number of hydrogen-bond acceptors (Lipinski definition) is 3. The highest BCUT2D eigenvalue weighted by atomic mass is 19.1. The Morgan fingerprint density at radius 2 is 2.06 bits per heavy atom. The maximum absolute atomic E-state index is 13.9. The van der Waals surface area contributed by atoms with Gasteiger partial charge in [0.25, 0.3) is 0 Å². The molecule has 0 amide bonds. The predicted octanol–water partition coefficient (Wildman–Crippen LogP) is 1.81. The molecule has 2 rings (SSSR count). The highest BCUT2D eigenvalue weighted by Crippen LogP contribution is 2.25. The van der Waals surface area contributed by atoms with Gasteiger partial charge in [-0.05, 0) is 37.5 Å². The largest absolute Gasteiger partial charge is 0.393 e. The van der Waals surface area contributed by atoms with Gasteiger partial charge in [0, 0.05) is 19.1 Å². The summed E-state index contributed by atoms with van der Waals surface area (Å²) in [5.74, 6) is -0.226. The lowest BCUT2D eigenvalue weighted by molar-refractivity contribution is 0.145. The minimum Gasteiger partial charge on any atom is -0.393 e. The van der Waals surface area contributed by atoms with E-state index in [9.17, 15) is 9.50 Å². The molecule has 0 aromatic heterocycles. The van der Waals surface area contributed by atoms with Crippen molar-refractivity contribution < 1.29 is 9.50 Å². The third-order valence-electron chi connectivity index (χ3n) is 3.30. The van der Waals surface area contributed by atoms with Crippen molar-refractivity contribution in [3.8, 4) is 0 Å². The molecule has 3 N–H and O–H groups in total. The van der Waals surface area contributed by atoms with E-state index < -0.39 is 0 Å². The fourth-order valence-electron chi connectivity index (χ4n) is 2.17. The Morgan fingerprint density at radius 1 is 1.41 bits per heavy atom. The first kappa shape index (κ1) is 12.3. The van der Waals surface area contributed by atoms with Gasteiger partial charge in [-0.2, -0.15) is 0 Å². The van der Waals surface area contributed by atoms with E-state index in [4.69, 9.17) is 5.73 Å². The Kier molecular flexibility index (Phi) is 3.64. The van der Waals surface area contributed by atoms with E-state index in [-0.39, 0.29) is 18.0 Å².